The van der Waals surface area contributed by atoms with Gasteiger partial charge in [0.25, 0.3) is 0 Å². The van der Waals surface area contributed by atoms with Gasteiger partial charge in [-0.15, -0.1) is 0 Å². The monoisotopic (exact) mass is 211 g/mol. The molecule has 74 valence electrons. The molecule has 0 aromatic heterocycles. The highest BCUT2D eigenvalue weighted by molar-refractivity contribution is 7.86. The van der Waals surface area contributed by atoms with Crippen molar-refractivity contribution in [3.63, 3.8) is 0 Å². The molecule has 4 heteroatoms. The second-order valence-electron chi connectivity index (χ2n) is 2.75. The van der Waals surface area contributed by atoms with Crippen molar-refractivity contribution in [3.8, 4) is 6.07 Å². The summed E-state index contributed by atoms with van der Waals surface area (Å²) in [6.45, 7) is 1.76. The quantitative estimate of drug-likeness (QED) is 0.769. The zero-order chi connectivity index (χ0) is 10.6. The molecule has 0 bridgehead atoms. The molecule has 0 fully saturated rings. The van der Waals surface area contributed by atoms with Crippen LogP contribution in [0.4, 0.5) is 4.39 Å². The van der Waals surface area contributed by atoms with E-state index in [1.165, 1.54) is 18.2 Å². The van der Waals surface area contributed by atoms with Gasteiger partial charge in [0.05, 0.1) is 21.8 Å². The summed E-state index contributed by atoms with van der Waals surface area (Å²) >= 11 is 0. The first kappa shape index (κ1) is 10.9. The Balaban J connectivity index is 3.01. The van der Waals surface area contributed by atoms with E-state index in [1.54, 1.807) is 13.0 Å². The van der Waals surface area contributed by atoms with E-state index in [0.717, 1.165) is 0 Å². The maximum absolute atomic E-state index is 13.2. The van der Waals surface area contributed by atoms with Gasteiger partial charge in [-0.1, -0.05) is 19.1 Å². The van der Waals surface area contributed by atoms with Crippen LogP contribution in [0.15, 0.2) is 29.2 Å². The van der Waals surface area contributed by atoms with Crippen LogP contribution in [-0.4, -0.2) is 9.46 Å². The average Bonchev–Trinajstić information content (AvgIpc) is 2.20. The third-order valence-electron chi connectivity index (χ3n) is 1.83. The van der Waals surface area contributed by atoms with Crippen LogP contribution in [0, 0.1) is 17.1 Å². The fourth-order valence-electron chi connectivity index (χ4n) is 1.05. The van der Waals surface area contributed by atoms with Crippen LogP contribution in [0.25, 0.3) is 0 Å². The zero-order valence-corrected chi connectivity index (χ0v) is 8.55. The van der Waals surface area contributed by atoms with Crippen molar-refractivity contribution in [2.75, 3.05) is 0 Å². The highest BCUT2D eigenvalue weighted by atomic mass is 32.2. The minimum atomic E-state index is -1.57. The van der Waals surface area contributed by atoms with Gasteiger partial charge in [0, 0.05) is 0 Å². The lowest BCUT2D eigenvalue weighted by molar-refractivity contribution is 0.594. The summed E-state index contributed by atoms with van der Waals surface area (Å²) < 4.78 is 24.8. The molecule has 14 heavy (non-hydrogen) atoms. The number of hydrogen-bond donors (Lipinski definition) is 0. The Morgan fingerprint density at radius 2 is 2.21 bits per heavy atom. The number of rotatable bonds is 3. The Hall–Kier alpha value is -1.21. The first-order chi connectivity index (χ1) is 6.70. The number of nitriles is 1. The molecule has 0 radical (unpaired) electrons. The smallest absolute Gasteiger partial charge is 0.139 e. The van der Waals surface area contributed by atoms with Crippen LogP contribution in [0.1, 0.15) is 13.3 Å². The fraction of sp³-hybridized carbons (Fsp3) is 0.300. The van der Waals surface area contributed by atoms with Crippen LogP contribution < -0.4 is 0 Å². The van der Waals surface area contributed by atoms with Crippen LogP contribution in [0.5, 0.6) is 0 Å². The van der Waals surface area contributed by atoms with Crippen LogP contribution in [0.2, 0.25) is 0 Å². The van der Waals surface area contributed by atoms with Gasteiger partial charge in [-0.3, -0.25) is 4.21 Å². The normalized spacial score (nSPS) is 14.4. The lowest BCUT2D eigenvalue weighted by Gasteiger charge is -2.06. The molecule has 0 spiro atoms. The van der Waals surface area contributed by atoms with Gasteiger partial charge >= 0.3 is 0 Å². The first-order valence-corrected chi connectivity index (χ1v) is 5.46. The maximum atomic E-state index is 13.2. The van der Waals surface area contributed by atoms with E-state index in [-0.39, 0.29) is 4.90 Å². The molecule has 2 atom stereocenters. The lowest BCUT2D eigenvalue weighted by Crippen LogP contribution is -2.12. The summed E-state index contributed by atoms with van der Waals surface area (Å²) in [5, 5.41) is 8.05. The summed E-state index contributed by atoms with van der Waals surface area (Å²) in [7, 11) is -1.57. The largest absolute Gasteiger partial charge is 0.253 e. The van der Waals surface area contributed by atoms with Crippen molar-refractivity contribution < 1.29 is 8.60 Å². The second-order valence-corrected chi connectivity index (χ2v) is 4.36. The van der Waals surface area contributed by atoms with E-state index in [4.69, 9.17) is 5.26 Å². The summed E-state index contributed by atoms with van der Waals surface area (Å²) in [6, 6.07) is 7.75. The van der Waals surface area contributed by atoms with Crippen molar-refractivity contribution in [3.05, 3.63) is 30.1 Å². The molecule has 0 N–H and O–H groups in total. The molecular formula is C10H10FNOS. The molecule has 0 aliphatic rings. The standard InChI is InChI=1S/C10H10FNOS/c1-2-8(7-12)14(13)10-6-4-3-5-9(10)11/h3-6,8H,2H2,1H3. The number of nitrogens with zero attached hydrogens (tertiary/aromatic N) is 1. The van der Waals surface area contributed by atoms with Gasteiger partial charge < -0.3 is 0 Å². The van der Waals surface area contributed by atoms with E-state index in [0.29, 0.717) is 6.42 Å². The molecule has 0 heterocycles. The van der Waals surface area contributed by atoms with Crippen LogP contribution >= 0.6 is 0 Å². The van der Waals surface area contributed by atoms with Crippen LogP contribution in [0.3, 0.4) is 0 Å². The van der Waals surface area contributed by atoms with Gasteiger partial charge in [-0.05, 0) is 18.6 Å². The van der Waals surface area contributed by atoms with Gasteiger partial charge in [0.2, 0.25) is 0 Å². The molecule has 0 amide bonds. The predicted molar refractivity (Wildman–Crippen MR) is 52.5 cm³/mol. The Kier molecular flexibility index (Phi) is 3.78. The number of benzene rings is 1. The summed E-state index contributed by atoms with van der Waals surface area (Å²) in [6.07, 6.45) is 0.456. The van der Waals surface area contributed by atoms with Crippen molar-refractivity contribution in [1.29, 1.82) is 5.26 Å². The van der Waals surface area contributed by atoms with Crippen molar-refractivity contribution in [2.45, 2.75) is 23.5 Å². The van der Waals surface area contributed by atoms with E-state index in [1.807, 2.05) is 6.07 Å². The Bertz CT molecular complexity index is 386. The Labute approximate surface area is 84.8 Å². The third-order valence-corrected chi connectivity index (χ3v) is 3.55. The fourth-order valence-corrected chi connectivity index (χ4v) is 2.23. The van der Waals surface area contributed by atoms with Gasteiger partial charge in [0.15, 0.2) is 0 Å². The molecule has 2 unspecified atom stereocenters. The van der Waals surface area contributed by atoms with Crippen molar-refractivity contribution in [2.24, 2.45) is 0 Å². The van der Waals surface area contributed by atoms with Gasteiger partial charge in [-0.25, -0.2) is 4.39 Å². The summed E-state index contributed by atoms with van der Waals surface area (Å²) in [5.41, 5.74) is 0. The molecule has 1 aromatic carbocycles. The molecule has 2 nitrogen and oxygen atoms in total. The van der Waals surface area contributed by atoms with E-state index < -0.39 is 21.9 Å². The number of hydrogen-bond acceptors (Lipinski definition) is 2. The van der Waals surface area contributed by atoms with E-state index in [9.17, 15) is 8.60 Å². The topological polar surface area (TPSA) is 40.9 Å². The lowest BCUT2D eigenvalue weighted by atomic mass is 10.3. The molecule has 0 saturated heterocycles. The third kappa shape index (κ3) is 2.18. The van der Waals surface area contributed by atoms with Crippen LogP contribution in [-0.2, 0) is 10.8 Å². The maximum Gasteiger partial charge on any atom is 0.139 e. The molecule has 1 rings (SSSR count). The van der Waals surface area contributed by atoms with Crippen molar-refractivity contribution >= 4 is 10.8 Å². The van der Waals surface area contributed by atoms with Crippen molar-refractivity contribution in [1.82, 2.24) is 0 Å². The number of halogens is 1. The highest BCUT2D eigenvalue weighted by Gasteiger charge is 2.18. The molecule has 1 aromatic rings. The summed E-state index contributed by atoms with van der Waals surface area (Å²) in [4.78, 5) is 0.112. The average molecular weight is 211 g/mol. The Morgan fingerprint density at radius 3 is 2.71 bits per heavy atom. The SMILES string of the molecule is CCC(C#N)S(=O)c1ccccc1F. The molecule has 0 aliphatic heterocycles. The van der Waals surface area contributed by atoms with Gasteiger partial charge in [0.1, 0.15) is 11.1 Å². The first-order valence-electron chi connectivity index (χ1n) is 4.25. The minimum absolute atomic E-state index is 0.112. The molecule has 0 aliphatic carbocycles. The van der Waals surface area contributed by atoms with E-state index >= 15 is 0 Å². The van der Waals surface area contributed by atoms with E-state index in [2.05, 4.69) is 0 Å². The molecule has 0 saturated carbocycles. The minimum Gasteiger partial charge on any atom is -0.253 e. The zero-order valence-electron chi connectivity index (χ0n) is 7.74. The molecular weight excluding hydrogens is 201 g/mol. The Morgan fingerprint density at radius 1 is 1.57 bits per heavy atom. The predicted octanol–water partition coefficient (Wildman–Crippen LogP) is 2.24. The van der Waals surface area contributed by atoms with Gasteiger partial charge in [-0.2, -0.15) is 5.26 Å². The summed E-state index contributed by atoms with van der Waals surface area (Å²) in [5.74, 6) is -0.514. The second kappa shape index (κ2) is 4.87. The highest BCUT2D eigenvalue weighted by Crippen LogP contribution is 2.16.